The van der Waals surface area contributed by atoms with E-state index in [1.54, 1.807) is 11.3 Å². The van der Waals surface area contributed by atoms with Gasteiger partial charge in [-0.05, 0) is 41.9 Å². The minimum Gasteiger partial charge on any atom is -0.388 e. The first-order valence-electron chi connectivity index (χ1n) is 6.39. The van der Waals surface area contributed by atoms with Crippen molar-refractivity contribution in [2.24, 2.45) is 0 Å². The molecule has 108 valence electrons. The number of aliphatic hydroxyl groups excluding tert-OH is 1. The Morgan fingerprint density at radius 3 is 2.80 bits per heavy atom. The average Bonchev–Trinajstić information content (AvgIpc) is 2.92. The SMILES string of the molecule is CN(CCC(O)c1cccc(F)c1F)Cc1ccsc1. The van der Waals surface area contributed by atoms with Gasteiger partial charge in [0, 0.05) is 18.7 Å². The van der Waals surface area contributed by atoms with Crippen LogP contribution in [0.2, 0.25) is 0 Å². The molecular formula is C15H17F2NOS. The van der Waals surface area contributed by atoms with Crippen molar-refractivity contribution in [3.8, 4) is 0 Å². The highest BCUT2D eigenvalue weighted by atomic mass is 32.1. The molecule has 1 heterocycles. The van der Waals surface area contributed by atoms with Gasteiger partial charge in [-0.25, -0.2) is 8.78 Å². The van der Waals surface area contributed by atoms with Gasteiger partial charge in [-0.1, -0.05) is 12.1 Å². The second kappa shape index (κ2) is 6.92. The molecule has 0 spiro atoms. The minimum absolute atomic E-state index is 0.0222. The lowest BCUT2D eigenvalue weighted by Gasteiger charge is -2.19. The smallest absolute Gasteiger partial charge is 0.164 e. The summed E-state index contributed by atoms with van der Waals surface area (Å²) in [5.41, 5.74) is 1.23. The number of nitrogens with zero attached hydrogens (tertiary/aromatic N) is 1. The largest absolute Gasteiger partial charge is 0.388 e. The molecule has 1 aromatic carbocycles. The summed E-state index contributed by atoms with van der Waals surface area (Å²) >= 11 is 1.64. The molecule has 0 aliphatic heterocycles. The van der Waals surface area contributed by atoms with Gasteiger partial charge in [0.15, 0.2) is 11.6 Å². The van der Waals surface area contributed by atoms with Crippen molar-refractivity contribution in [1.82, 2.24) is 4.90 Å². The second-order valence-electron chi connectivity index (χ2n) is 4.82. The Hall–Kier alpha value is -1.30. The molecule has 1 unspecified atom stereocenters. The summed E-state index contributed by atoms with van der Waals surface area (Å²) in [6.07, 6.45) is -0.628. The van der Waals surface area contributed by atoms with Crippen LogP contribution in [-0.4, -0.2) is 23.6 Å². The first kappa shape index (κ1) is 15.1. The van der Waals surface area contributed by atoms with Crippen molar-refractivity contribution < 1.29 is 13.9 Å². The molecule has 1 N–H and O–H groups in total. The fraction of sp³-hybridized carbons (Fsp3) is 0.333. The van der Waals surface area contributed by atoms with Gasteiger partial charge in [0.05, 0.1) is 6.10 Å². The van der Waals surface area contributed by atoms with Gasteiger partial charge in [-0.2, -0.15) is 11.3 Å². The van der Waals surface area contributed by atoms with Crippen LogP contribution in [0.25, 0.3) is 0 Å². The summed E-state index contributed by atoms with van der Waals surface area (Å²) in [5, 5.41) is 14.1. The number of rotatable bonds is 6. The summed E-state index contributed by atoms with van der Waals surface area (Å²) < 4.78 is 26.6. The van der Waals surface area contributed by atoms with Crippen LogP contribution in [0.3, 0.4) is 0 Å². The van der Waals surface area contributed by atoms with E-state index in [2.05, 4.69) is 5.38 Å². The van der Waals surface area contributed by atoms with Crippen molar-refractivity contribution in [2.75, 3.05) is 13.6 Å². The van der Waals surface area contributed by atoms with E-state index in [-0.39, 0.29) is 5.56 Å². The van der Waals surface area contributed by atoms with Crippen LogP contribution in [0.5, 0.6) is 0 Å². The van der Waals surface area contributed by atoms with Crippen molar-refractivity contribution in [2.45, 2.75) is 19.1 Å². The molecule has 0 aliphatic carbocycles. The third-order valence-corrected chi connectivity index (χ3v) is 3.89. The Balaban J connectivity index is 1.88. The van der Waals surface area contributed by atoms with Crippen molar-refractivity contribution in [3.05, 3.63) is 57.8 Å². The zero-order chi connectivity index (χ0) is 14.5. The molecule has 0 saturated heterocycles. The summed E-state index contributed by atoms with van der Waals surface area (Å²) in [6, 6.07) is 5.92. The number of halogens is 2. The molecule has 1 aromatic heterocycles. The molecule has 0 saturated carbocycles. The van der Waals surface area contributed by atoms with Crippen molar-refractivity contribution >= 4 is 11.3 Å². The molecule has 5 heteroatoms. The average molecular weight is 297 g/mol. The number of hydrogen-bond acceptors (Lipinski definition) is 3. The topological polar surface area (TPSA) is 23.5 Å². The van der Waals surface area contributed by atoms with Crippen LogP contribution in [0.4, 0.5) is 8.78 Å². The molecule has 2 rings (SSSR count). The van der Waals surface area contributed by atoms with Gasteiger partial charge in [0.25, 0.3) is 0 Å². The summed E-state index contributed by atoms with van der Waals surface area (Å²) in [4.78, 5) is 2.04. The summed E-state index contributed by atoms with van der Waals surface area (Å²) in [6.45, 7) is 1.38. The van der Waals surface area contributed by atoms with Gasteiger partial charge in [-0.3, -0.25) is 0 Å². The lowest BCUT2D eigenvalue weighted by molar-refractivity contribution is 0.143. The third kappa shape index (κ3) is 3.85. The standard InChI is InChI=1S/C15H17F2NOS/c1-18(9-11-6-8-20-10-11)7-5-14(19)12-3-2-4-13(16)15(12)17/h2-4,6,8,10,14,19H,5,7,9H2,1H3. The molecule has 0 aliphatic rings. The number of benzene rings is 1. The van der Waals surface area contributed by atoms with E-state index in [0.717, 1.165) is 12.6 Å². The van der Waals surface area contributed by atoms with E-state index in [1.807, 2.05) is 23.4 Å². The van der Waals surface area contributed by atoms with E-state index in [4.69, 9.17) is 0 Å². The first-order chi connectivity index (χ1) is 9.58. The van der Waals surface area contributed by atoms with Crippen molar-refractivity contribution in [1.29, 1.82) is 0 Å². The maximum Gasteiger partial charge on any atom is 0.164 e. The first-order valence-corrected chi connectivity index (χ1v) is 7.34. The van der Waals surface area contributed by atoms with Crippen LogP contribution in [0.1, 0.15) is 23.7 Å². The summed E-state index contributed by atoms with van der Waals surface area (Å²) in [7, 11) is 1.94. The molecule has 2 nitrogen and oxygen atoms in total. The Bertz CT molecular complexity index is 545. The molecule has 0 fully saturated rings. The zero-order valence-electron chi connectivity index (χ0n) is 11.2. The predicted octanol–water partition coefficient (Wildman–Crippen LogP) is 3.58. The zero-order valence-corrected chi connectivity index (χ0v) is 12.0. The quantitative estimate of drug-likeness (QED) is 0.881. The normalized spacial score (nSPS) is 12.8. The Morgan fingerprint density at radius 2 is 2.10 bits per heavy atom. The van der Waals surface area contributed by atoms with Crippen LogP contribution in [0.15, 0.2) is 35.0 Å². The van der Waals surface area contributed by atoms with Gasteiger partial charge < -0.3 is 10.0 Å². The number of hydrogen-bond donors (Lipinski definition) is 1. The van der Waals surface area contributed by atoms with E-state index in [1.165, 1.54) is 17.7 Å². The minimum atomic E-state index is -0.990. The molecule has 0 bridgehead atoms. The van der Waals surface area contributed by atoms with Crippen LogP contribution in [-0.2, 0) is 6.54 Å². The Labute approximate surface area is 121 Å². The molecule has 20 heavy (non-hydrogen) atoms. The van der Waals surface area contributed by atoms with E-state index >= 15 is 0 Å². The van der Waals surface area contributed by atoms with Crippen LogP contribution >= 0.6 is 11.3 Å². The molecule has 1 atom stereocenters. The van der Waals surface area contributed by atoms with E-state index in [9.17, 15) is 13.9 Å². The second-order valence-corrected chi connectivity index (χ2v) is 5.60. The maximum absolute atomic E-state index is 13.5. The lowest BCUT2D eigenvalue weighted by atomic mass is 10.1. The Kier molecular flexibility index (Phi) is 5.23. The third-order valence-electron chi connectivity index (χ3n) is 3.16. The monoisotopic (exact) mass is 297 g/mol. The van der Waals surface area contributed by atoms with Crippen LogP contribution in [0, 0.1) is 11.6 Å². The molecular weight excluding hydrogens is 280 g/mol. The molecule has 0 radical (unpaired) electrons. The van der Waals surface area contributed by atoms with Crippen LogP contribution < -0.4 is 0 Å². The fourth-order valence-electron chi connectivity index (χ4n) is 2.05. The van der Waals surface area contributed by atoms with Gasteiger partial charge in [0.2, 0.25) is 0 Å². The highest BCUT2D eigenvalue weighted by Gasteiger charge is 2.16. The fourth-order valence-corrected chi connectivity index (χ4v) is 2.71. The number of aliphatic hydroxyl groups is 1. The molecule has 2 aromatic rings. The Morgan fingerprint density at radius 1 is 1.30 bits per heavy atom. The van der Waals surface area contributed by atoms with Gasteiger partial charge in [-0.15, -0.1) is 0 Å². The maximum atomic E-state index is 13.5. The predicted molar refractivity (Wildman–Crippen MR) is 76.6 cm³/mol. The summed E-state index contributed by atoms with van der Waals surface area (Å²) in [5.74, 6) is -1.88. The lowest BCUT2D eigenvalue weighted by Crippen LogP contribution is -2.21. The van der Waals surface area contributed by atoms with E-state index in [0.29, 0.717) is 13.0 Å². The number of thiophene rings is 1. The van der Waals surface area contributed by atoms with E-state index < -0.39 is 17.7 Å². The van der Waals surface area contributed by atoms with Gasteiger partial charge >= 0.3 is 0 Å². The van der Waals surface area contributed by atoms with Crippen molar-refractivity contribution in [3.63, 3.8) is 0 Å². The molecule has 0 amide bonds. The highest BCUT2D eigenvalue weighted by Crippen LogP contribution is 2.22. The van der Waals surface area contributed by atoms with Gasteiger partial charge in [0.1, 0.15) is 0 Å². The highest BCUT2D eigenvalue weighted by molar-refractivity contribution is 7.07.